The molecule has 0 aliphatic heterocycles. The van der Waals surface area contributed by atoms with E-state index in [9.17, 15) is 0 Å². The molecule has 0 fully saturated rings. The Labute approximate surface area is 93.9 Å². The highest BCUT2D eigenvalue weighted by atomic mass is 28.4. The Bertz CT molecular complexity index is 314. The molecular weight excluding hydrogens is 200 g/mol. The molecule has 0 spiro atoms. The third-order valence-corrected chi connectivity index (χ3v) is 4.95. The number of rotatable bonds is 5. The van der Waals surface area contributed by atoms with Crippen molar-refractivity contribution in [2.45, 2.75) is 25.6 Å². The topological polar surface area (TPSA) is 9.23 Å². The standard InChI is InChI=1S/C13H20OSi/c1-5-6-12-7-9-13(10-8-12)11-15(3,4)14-2/h5,7-10H,1,6,11H2,2-4H3. The van der Waals surface area contributed by atoms with E-state index in [1.165, 1.54) is 11.1 Å². The molecule has 1 aromatic rings. The summed E-state index contributed by atoms with van der Waals surface area (Å²) in [6.07, 6.45) is 2.88. The van der Waals surface area contributed by atoms with E-state index in [4.69, 9.17) is 4.43 Å². The Morgan fingerprint density at radius 3 is 2.20 bits per heavy atom. The van der Waals surface area contributed by atoms with Gasteiger partial charge in [-0.05, 0) is 36.7 Å². The smallest absolute Gasteiger partial charge is 0.190 e. The van der Waals surface area contributed by atoms with E-state index in [0.717, 1.165) is 12.5 Å². The fourth-order valence-electron chi connectivity index (χ4n) is 1.52. The van der Waals surface area contributed by atoms with Crippen LogP contribution in [0.15, 0.2) is 36.9 Å². The van der Waals surface area contributed by atoms with Crippen molar-refractivity contribution in [2.24, 2.45) is 0 Å². The van der Waals surface area contributed by atoms with Crippen LogP contribution in [0.1, 0.15) is 11.1 Å². The fraction of sp³-hybridized carbons (Fsp3) is 0.385. The number of allylic oxidation sites excluding steroid dienone is 1. The maximum atomic E-state index is 5.54. The molecule has 0 radical (unpaired) electrons. The second kappa shape index (κ2) is 5.28. The van der Waals surface area contributed by atoms with Gasteiger partial charge in [0.2, 0.25) is 0 Å². The van der Waals surface area contributed by atoms with Crippen LogP contribution in [0.5, 0.6) is 0 Å². The molecular formula is C13H20OSi. The second-order valence-electron chi connectivity index (χ2n) is 4.45. The molecule has 82 valence electrons. The summed E-state index contributed by atoms with van der Waals surface area (Å²) < 4.78 is 5.54. The lowest BCUT2D eigenvalue weighted by molar-refractivity contribution is 0.403. The second-order valence-corrected chi connectivity index (χ2v) is 8.73. The van der Waals surface area contributed by atoms with Crippen molar-refractivity contribution >= 4 is 8.32 Å². The molecule has 0 aliphatic rings. The van der Waals surface area contributed by atoms with E-state index < -0.39 is 8.32 Å². The zero-order valence-corrected chi connectivity index (χ0v) is 10.9. The summed E-state index contributed by atoms with van der Waals surface area (Å²) in [6.45, 7) is 8.22. The summed E-state index contributed by atoms with van der Waals surface area (Å²) in [4.78, 5) is 0. The summed E-state index contributed by atoms with van der Waals surface area (Å²) in [5.74, 6) is 0. The van der Waals surface area contributed by atoms with Gasteiger partial charge in [-0.1, -0.05) is 30.3 Å². The zero-order valence-electron chi connectivity index (χ0n) is 9.92. The monoisotopic (exact) mass is 220 g/mol. The van der Waals surface area contributed by atoms with Gasteiger partial charge in [0, 0.05) is 7.11 Å². The van der Waals surface area contributed by atoms with Crippen LogP contribution in [0.25, 0.3) is 0 Å². The lowest BCUT2D eigenvalue weighted by Gasteiger charge is -2.19. The van der Waals surface area contributed by atoms with E-state index in [0.29, 0.717) is 0 Å². The lowest BCUT2D eigenvalue weighted by Crippen LogP contribution is -2.32. The maximum Gasteiger partial charge on any atom is 0.190 e. The van der Waals surface area contributed by atoms with Crippen molar-refractivity contribution < 1.29 is 4.43 Å². The van der Waals surface area contributed by atoms with Gasteiger partial charge in [0.25, 0.3) is 0 Å². The van der Waals surface area contributed by atoms with Crippen molar-refractivity contribution in [3.05, 3.63) is 48.0 Å². The minimum atomic E-state index is -1.47. The molecule has 1 nitrogen and oxygen atoms in total. The first-order valence-corrected chi connectivity index (χ1v) is 8.43. The first-order chi connectivity index (χ1) is 7.07. The average Bonchev–Trinajstić information content (AvgIpc) is 2.21. The Morgan fingerprint density at radius 1 is 1.20 bits per heavy atom. The number of hydrogen-bond acceptors (Lipinski definition) is 1. The van der Waals surface area contributed by atoms with Crippen molar-refractivity contribution in [1.29, 1.82) is 0 Å². The highest BCUT2D eigenvalue weighted by Crippen LogP contribution is 2.13. The van der Waals surface area contributed by atoms with E-state index in [1.807, 2.05) is 13.2 Å². The van der Waals surface area contributed by atoms with Gasteiger partial charge >= 0.3 is 0 Å². The van der Waals surface area contributed by atoms with Crippen LogP contribution in [0.4, 0.5) is 0 Å². The van der Waals surface area contributed by atoms with Gasteiger partial charge < -0.3 is 4.43 Å². The first-order valence-electron chi connectivity index (χ1n) is 5.31. The van der Waals surface area contributed by atoms with Gasteiger partial charge in [-0.15, -0.1) is 6.58 Å². The summed E-state index contributed by atoms with van der Waals surface area (Å²) in [7, 11) is 0.344. The molecule has 0 amide bonds. The predicted octanol–water partition coefficient (Wildman–Crippen LogP) is 3.35. The molecule has 1 rings (SSSR count). The van der Waals surface area contributed by atoms with Crippen molar-refractivity contribution in [2.75, 3.05) is 7.11 Å². The van der Waals surface area contributed by atoms with Crippen LogP contribution >= 0.6 is 0 Å². The predicted molar refractivity (Wildman–Crippen MR) is 68.5 cm³/mol. The molecule has 0 saturated carbocycles. The van der Waals surface area contributed by atoms with Crippen LogP contribution in [0.3, 0.4) is 0 Å². The van der Waals surface area contributed by atoms with Crippen LogP contribution in [-0.2, 0) is 16.9 Å². The van der Waals surface area contributed by atoms with Gasteiger partial charge in [-0.2, -0.15) is 0 Å². The molecule has 0 unspecified atom stereocenters. The Morgan fingerprint density at radius 2 is 1.73 bits per heavy atom. The lowest BCUT2D eigenvalue weighted by atomic mass is 10.1. The van der Waals surface area contributed by atoms with Crippen LogP contribution in [-0.4, -0.2) is 15.4 Å². The SMILES string of the molecule is C=CCc1ccc(C[Si](C)(C)OC)cc1. The molecule has 0 heterocycles. The third kappa shape index (κ3) is 4.02. The minimum absolute atomic E-state index is 0.950. The highest BCUT2D eigenvalue weighted by Gasteiger charge is 2.20. The first kappa shape index (κ1) is 12.2. The zero-order chi connectivity index (χ0) is 11.3. The van der Waals surface area contributed by atoms with E-state index >= 15 is 0 Å². The maximum absolute atomic E-state index is 5.54. The van der Waals surface area contributed by atoms with E-state index in [2.05, 4.69) is 43.9 Å². The van der Waals surface area contributed by atoms with Gasteiger partial charge in [0.15, 0.2) is 8.32 Å². The summed E-state index contributed by atoms with van der Waals surface area (Å²) in [5.41, 5.74) is 2.70. The molecule has 1 aromatic carbocycles. The number of benzene rings is 1. The van der Waals surface area contributed by atoms with Gasteiger partial charge in [0.05, 0.1) is 0 Å². The normalized spacial score (nSPS) is 11.4. The molecule has 0 aliphatic carbocycles. The largest absolute Gasteiger partial charge is 0.420 e. The summed E-state index contributed by atoms with van der Waals surface area (Å²) in [6, 6.07) is 9.84. The van der Waals surface area contributed by atoms with Crippen LogP contribution in [0.2, 0.25) is 13.1 Å². The molecule has 0 bridgehead atoms. The third-order valence-electron chi connectivity index (χ3n) is 2.59. The van der Waals surface area contributed by atoms with Crippen LogP contribution in [0, 0.1) is 0 Å². The molecule has 15 heavy (non-hydrogen) atoms. The fourth-order valence-corrected chi connectivity index (χ4v) is 2.89. The molecule has 0 aromatic heterocycles. The summed E-state index contributed by atoms with van der Waals surface area (Å²) in [5, 5.41) is 0. The van der Waals surface area contributed by atoms with Gasteiger partial charge in [-0.25, -0.2) is 0 Å². The molecule has 0 atom stereocenters. The highest BCUT2D eigenvalue weighted by molar-refractivity contribution is 6.70. The Hall–Kier alpha value is -0.863. The van der Waals surface area contributed by atoms with Crippen LogP contribution < -0.4 is 0 Å². The van der Waals surface area contributed by atoms with Crippen molar-refractivity contribution in [3.63, 3.8) is 0 Å². The molecule has 0 saturated heterocycles. The van der Waals surface area contributed by atoms with Gasteiger partial charge in [0.1, 0.15) is 0 Å². The van der Waals surface area contributed by atoms with E-state index in [1.54, 1.807) is 0 Å². The molecule has 2 heteroatoms. The minimum Gasteiger partial charge on any atom is -0.420 e. The quantitative estimate of drug-likeness (QED) is 0.546. The van der Waals surface area contributed by atoms with Crippen molar-refractivity contribution in [1.82, 2.24) is 0 Å². The Kier molecular flexibility index (Phi) is 4.30. The number of hydrogen-bond donors (Lipinski definition) is 0. The van der Waals surface area contributed by atoms with Crippen molar-refractivity contribution in [3.8, 4) is 0 Å². The summed E-state index contributed by atoms with van der Waals surface area (Å²) >= 11 is 0. The van der Waals surface area contributed by atoms with E-state index in [-0.39, 0.29) is 0 Å². The molecule has 0 N–H and O–H groups in total. The average molecular weight is 220 g/mol. The Balaban J connectivity index is 2.68. The van der Waals surface area contributed by atoms with Gasteiger partial charge in [-0.3, -0.25) is 0 Å².